The van der Waals surface area contributed by atoms with Crippen LogP contribution in [0.2, 0.25) is 0 Å². The summed E-state index contributed by atoms with van der Waals surface area (Å²) in [6.07, 6.45) is 0. The molecule has 0 atom stereocenters. The van der Waals surface area contributed by atoms with Gasteiger partial charge < -0.3 is 76.6 Å². The molecule has 0 saturated heterocycles. The Balaban J connectivity index is -0.0000000250. The van der Waals surface area contributed by atoms with Crippen LogP contribution in [0.15, 0.2) is 0 Å². The Labute approximate surface area is 128 Å². The zero-order valence-electron chi connectivity index (χ0n) is 9.27. The van der Waals surface area contributed by atoms with E-state index in [1.807, 2.05) is 0 Å². The molecule has 0 aliphatic carbocycles. The zero-order chi connectivity index (χ0) is 17.9. The van der Waals surface area contributed by atoms with E-state index >= 15 is 0 Å². The summed E-state index contributed by atoms with van der Waals surface area (Å²) in [5.74, 6) is 0. The second-order valence-electron chi connectivity index (χ2n) is 1.12. The van der Waals surface area contributed by atoms with E-state index in [0.29, 0.717) is 0 Å². The minimum Gasteiger partial charge on any atom is -0.356 e. The Morgan fingerprint density at radius 1 is 0.364 bits per heavy atom. The van der Waals surface area contributed by atoms with Gasteiger partial charge in [0.25, 0.3) is 0 Å². The molecule has 0 aromatic rings. The molecule has 0 spiro atoms. The second-order valence-corrected chi connectivity index (χ2v) is 1.12. The molecule has 20 nitrogen and oxygen atoms in total. The van der Waals surface area contributed by atoms with Crippen molar-refractivity contribution < 1.29 is 42.2 Å². The van der Waals surface area contributed by atoms with Gasteiger partial charge in [-0.1, -0.05) is 0 Å². The van der Waals surface area contributed by atoms with Gasteiger partial charge in [-0.05, 0) is 0 Å². The molecule has 127 valence electrons. The van der Waals surface area contributed by atoms with Gasteiger partial charge in [0.15, 0.2) is 0 Å². The van der Waals surface area contributed by atoms with Gasteiger partial charge in [-0.2, -0.15) is 0 Å². The van der Waals surface area contributed by atoms with Gasteiger partial charge in [-0.15, -0.1) is 0 Å². The Bertz CT molecular complexity index is 213. The fourth-order valence-corrected chi connectivity index (χ4v) is 0. The van der Waals surface area contributed by atoms with Crippen LogP contribution in [0.4, 0.5) is 0 Å². The summed E-state index contributed by atoms with van der Waals surface area (Å²) in [6.45, 7) is 0. The molecule has 0 aromatic heterocycles. The van der Waals surface area contributed by atoms with Crippen molar-refractivity contribution in [3.05, 3.63) is 76.6 Å². The van der Waals surface area contributed by atoms with E-state index < -0.39 is 25.4 Å². The molecule has 0 rings (SSSR count). The maximum Gasteiger partial charge on any atom is 3.00 e. The molecule has 0 heterocycles. The number of hydrogen-bond donors (Lipinski definition) is 0. The van der Waals surface area contributed by atoms with Crippen molar-refractivity contribution in [2.24, 2.45) is 0 Å². The summed E-state index contributed by atoms with van der Waals surface area (Å²) < 4.78 is 0. The van der Waals surface area contributed by atoms with Gasteiger partial charge in [0.2, 0.25) is 0 Å². The van der Waals surface area contributed by atoms with E-state index in [9.17, 15) is 0 Å². The van der Waals surface area contributed by atoms with E-state index in [0.717, 1.165) is 0 Å². The van der Waals surface area contributed by atoms with Gasteiger partial charge >= 0.3 is 25.2 Å². The van der Waals surface area contributed by atoms with Crippen molar-refractivity contribution in [3.8, 4) is 0 Å². The standard InChI is InChI=1S/B.Co.5NO3/c;;5*2-1(3)4/q+3;+2;5*-1. The third kappa shape index (κ3) is 342. The van der Waals surface area contributed by atoms with Crippen LogP contribution in [0, 0.1) is 76.6 Å². The normalized spacial score (nSPS) is 5.45. The van der Waals surface area contributed by atoms with Crippen LogP contribution in [0.5, 0.6) is 0 Å². The zero-order valence-corrected chi connectivity index (χ0v) is 10.3. The van der Waals surface area contributed by atoms with Crippen molar-refractivity contribution in [2.45, 2.75) is 0 Å². The quantitative estimate of drug-likeness (QED) is 0.260. The van der Waals surface area contributed by atoms with Gasteiger partial charge in [-0.3, -0.25) is 0 Å². The van der Waals surface area contributed by atoms with Crippen molar-refractivity contribution in [1.29, 1.82) is 0 Å². The van der Waals surface area contributed by atoms with Gasteiger partial charge in [0.1, 0.15) is 0 Å². The van der Waals surface area contributed by atoms with Crippen molar-refractivity contribution in [1.82, 2.24) is 0 Å². The molecule has 0 aliphatic heterocycles. The second kappa shape index (κ2) is 36.0. The molecular weight excluding hydrogens is 380 g/mol. The molecule has 22 heavy (non-hydrogen) atoms. The third-order valence-corrected chi connectivity index (χ3v) is 0. The SMILES string of the molecule is O=[N+]([O-])[O-].O=[N+]([O-])[O-].O=[N+]([O-])[O-].O=[N+]([O-])[O-].O=[N+]([O-])[O-].[B+3].[Co+2]. The topological polar surface area (TPSA) is 331 Å². The van der Waals surface area contributed by atoms with E-state index in [1.54, 1.807) is 0 Å². The van der Waals surface area contributed by atoms with E-state index in [2.05, 4.69) is 0 Å². The largest absolute Gasteiger partial charge is 3.00 e. The number of nitrogens with zero attached hydrogens (tertiary/aromatic N) is 5. The van der Waals surface area contributed by atoms with Crippen LogP contribution >= 0.6 is 0 Å². The molecule has 0 unspecified atom stereocenters. The summed E-state index contributed by atoms with van der Waals surface area (Å²) in [6, 6.07) is 0. The van der Waals surface area contributed by atoms with Crippen LogP contribution in [0.25, 0.3) is 0 Å². The molecule has 0 saturated carbocycles. The van der Waals surface area contributed by atoms with Crippen LogP contribution in [-0.4, -0.2) is 33.8 Å². The van der Waals surface area contributed by atoms with Gasteiger partial charge in [0, 0.05) is 0 Å². The summed E-state index contributed by atoms with van der Waals surface area (Å²) >= 11 is 0. The first-order valence-electron chi connectivity index (χ1n) is 2.74. The van der Waals surface area contributed by atoms with Gasteiger partial charge in [0.05, 0.1) is 25.4 Å². The van der Waals surface area contributed by atoms with Crippen LogP contribution in [0.3, 0.4) is 0 Å². The fraction of sp³-hybridized carbons (Fsp3) is 0. The molecule has 0 N–H and O–H groups in total. The molecule has 0 aromatic carbocycles. The summed E-state index contributed by atoms with van der Waals surface area (Å²) in [5.41, 5.74) is 0. The first-order valence-corrected chi connectivity index (χ1v) is 2.74. The predicted octanol–water partition coefficient (Wildman–Crippen LogP) is -1.58. The van der Waals surface area contributed by atoms with E-state index in [-0.39, 0.29) is 25.2 Å². The summed E-state index contributed by atoms with van der Waals surface area (Å²) in [5, 5.41) is 73.8. The molecule has 1 radical (unpaired) electrons. The molecule has 0 fully saturated rings. The van der Waals surface area contributed by atoms with Crippen molar-refractivity contribution in [3.63, 3.8) is 0 Å². The molecule has 0 amide bonds. The van der Waals surface area contributed by atoms with Crippen LogP contribution in [-0.2, 0) is 16.8 Å². The maximum atomic E-state index is 8.25. The number of hydrogen-bond acceptors (Lipinski definition) is 15. The first kappa shape index (κ1) is 42.8. The average molecular weight is 380 g/mol. The van der Waals surface area contributed by atoms with E-state index in [1.165, 1.54) is 0 Å². The molecular formula is BCoN5O15. The fourth-order valence-electron chi connectivity index (χ4n) is 0. The average Bonchev–Trinajstić information content (AvgIpc) is 1.94. The Hall–Kier alpha value is -3.43. The molecule has 0 bridgehead atoms. The van der Waals surface area contributed by atoms with Crippen molar-refractivity contribution in [2.75, 3.05) is 0 Å². The summed E-state index contributed by atoms with van der Waals surface area (Å²) in [4.78, 5) is 41.2. The minimum atomic E-state index is -1.75. The third-order valence-electron chi connectivity index (χ3n) is 0. The first-order chi connectivity index (χ1) is 8.66. The predicted molar refractivity (Wildman–Crippen MR) is 57.6 cm³/mol. The molecule has 0 aliphatic rings. The van der Waals surface area contributed by atoms with Crippen molar-refractivity contribution >= 4 is 8.41 Å². The minimum absolute atomic E-state index is 0. The monoisotopic (exact) mass is 380 g/mol. The van der Waals surface area contributed by atoms with E-state index in [4.69, 9.17) is 76.6 Å². The Kier molecular flexibility index (Phi) is 70.1. The van der Waals surface area contributed by atoms with Crippen LogP contribution in [0.1, 0.15) is 0 Å². The Morgan fingerprint density at radius 2 is 0.364 bits per heavy atom. The van der Waals surface area contributed by atoms with Gasteiger partial charge in [-0.25, -0.2) is 0 Å². The smallest absolute Gasteiger partial charge is 0.356 e. The molecule has 22 heteroatoms. The Morgan fingerprint density at radius 3 is 0.364 bits per heavy atom. The summed E-state index contributed by atoms with van der Waals surface area (Å²) in [7, 11) is 0. The van der Waals surface area contributed by atoms with Crippen LogP contribution < -0.4 is 0 Å². The maximum absolute atomic E-state index is 8.25. The number of rotatable bonds is 0.